The lowest BCUT2D eigenvalue weighted by Gasteiger charge is -2.18. The number of carbonyl (C=O) groups excluding carboxylic acids is 3. The molecule has 0 saturated heterocycles. The van der Waals surface area contributed by atoms with E-state index in [0.717, 1.165) is 5.56 Å². The summed E-state index contributed by atoms with van der Waals surface area (Å²) >= 11 is 0. The van der Waals surface area contributed by atoms with E-state index in [0.29, 0.717) is 16.8 Å². The van der Waals surface area contributed by atoms with Crippen LogP contribution in [0, 0.1) is 5.82 Å². The summed E-state index contributed by atoms with van der Waals surface area (Å²) in [6, 6.07) is 22.7. The van der Waals surface area contributed by atoms with Crippen molar-refractivity contribution in [1.29, 1.82) is 0 Å². The minimum atomic E-state index is -1.08. The molecule has 0 bridgehead atoms. The van der Waals surface area contributed by atoms with Gasteiger partial charge in [0.25, 0.3) is 11.8 Å². The fraction of sp³-hybridized carbons (Fsp3) is 0.0625. The van der Waals surface area contributed by atoms with Crippen LogP contribution < -0.4 is 10.2 Å². The number of carbonyl (C=O) groups is 4. The first-order chi connectivity index (χ1) is 19.7. The quantitative estimate of drug-likeness (QED) is 0.205. The van der Waals surface area contributed by atoms with Crippen molar-refractivity contribution in [3.8, 4) is 0 Å². The van der Waals surface area contributed by atoms with Crippen LogP contribution in [0.25, 0.3) is 12.2 Å². The van der Waals surface area contributed by atoms with Crippen molar-refractivity contribution < 1.29 is 33.4 Å². The van der Waals surface area contributed by atoms with Crippen molar-refractivity contribution in [2.75, 3.05) is 24.4 Å². The molecular weight excluding hydrogens is 527 g/mol. The van der Waals surface area contributed by atoms with Gasteiger partial charge in [0.15, 0.2) is 0 Å². The van der Waals surface area contributed by atoms with Crippen LogP contribution in [0.5, 0.6) is 0 Å². The largest absolute Gasteiger partial charge is 0.478 e. The van der Waals surface area contributed by atoms with E-state index in [1.165, 1.54) is 48.4 Å². The van der Waals surface area contributed by atoms with Crippen molar-refractivity contribution in [2.45, 2.75) is 0 Å². The third-order valence-corrected chi connectivity index (χ3v) is 6.24. The maximum absolute atomic E-state index is 13.1. The SMILES string of the molecule is COC(=O)c1cc(C=Cc2ccc(F)cc2)ccc1NC(=O)c1ccc(N(C)C(=O)c2ccc(C(=O)O)cc2)cc1. The normalized spacial score (nSPS) is 10.7. The van der Waals surface area contributed by atoms with Crippen LogP contribution in [0.3, 0.4) is 0 Å². The van der Waals surface area contributed by atoms with Gasteiger partial charge in [0, 0.05) is 23.9 Å². The molecule has 0 unspecified atom stereocenters. The average molecular weight is 553 g/mol. The molecule has 9 heteroatoms. The number of esters is 1. The van der Waals surface area contributed by atoms with Crippen molar-refractivity contribution in [2.24, 2.45) is 0 Å². The van der Waals surface area contributed by atoms with Crippen molar-refractivity contribution in [3.63, 3.8) is 0 Å². The molecule has 2 N–H and O–H groups in total. The zero-order valence-corrected chi connectivity index (χ0v) is 22.1. The monoisotopic (exact) mass is 552 g/mol. The molecule has 4 aromatic rings. The van der Waals surface area contributed by atoms with E-state index in [2.05, 4.69) is 5.32 Å². The molecule has 0 aliphatic carbocycles. The Labute approximate surface area is 235 Å². The minimum Gasteiger partial charge on any atom is -0.478 e. The zero-order chi connectivity index (χ0) is 29.5. The van der Waals surface area contributed by atoms with Gasteiger partial charge in [-0.1, -0.05) is 30.4 Å². The van der Waals surface area contributed by atoms with Gasteiger partial charge in [-0.2, -0.15) is 0 Å². The van der Waals surface area contributed by atoms with Gasteiger partial charge in [-0.15, -0.1) is 0 Å². The molecular formula is C32H25FN2O6. The van der Waals surface area contributed by atoms with Crippen molar-refractivity contribution in [3.05, 3.63) is 130 Å². The van der Waals surface area contributed by atoms with Crippen LogP contribution >= 0.6 is 0 Å². The first-order valence-electron chi connectivity index (χ1n) is 12.3. The molecule has 0 atom stereocenters. The number of anilines is 2. The number of nitrogens with zero attached hydrogens (tertiary/aromatic N) is 1. The summed E-state index contributed by atoms with van der Waals surface area (Å²) < 4.78 is 18.0. The number of carboxylic acids is 1. The average Bonchev–Trinajstić information content (AvgIpc) is 3.00. The van der Waals surface area contributed by atoms with E-state index in [-0.39, 0.29) is 34.1 Å². The highest BCUT2D eigenvalue weighted by molar-refractivity contribution is 6.09. The fourth-order valence-electron chi connectivity index (χ4n) is 3.92. The predicted molar refractivity (Wildman–Crippen MR) is 154 cm³/mol. The summed E-state index contributed by atoms with van der Waals surface area (Å²) in [4.78, 5) is 50.7. The molecule has 0 spiro atoms. The lowest BCUT2D eigenvalue weighted by atomic mass is 10.1. The molecule has 4 rings (SSSR count). The summed E-state index contributed by atoms with van der Waals surface area (Å²) in [5, 5.41) is 11.8. The molecule has 206 valence electrons. The van der Waals surface area contributed by atoms with Crippen LogP contribution in [-0.4, -0.2) is 43.0 Å². The molecule has 0 heterocycles. The lowest BCUT2D eigenvalue weighted by molar-refractivity contribution is 0.0600. The van der Waals surface area contributed by atoms with Crippen LogP contribution in [0.4, 0.5) is 15.8 Å². The van der Waals surface area contributed by atoms with Gasteiger partial charge in [0.1, 0.15) is 5.82 Å². The van der Waals surface area contributed by atoms with E-state index in [1.807, 2.05) is 0 Å². The Hall–Kier alpha value is -5.57. The second kappa shape index (κ2) is 12.5. The third-order valence-electron chi connectivity index (χ3n) is 6.24. The van der Waals surface area contributed by atoms with Crippen LogP contribution in [0.15, 0.2) is 91.0 Å². The van der Waals surface area contributed by atoms with E-state index in [1.54, 1.807) is 73.8 Å². The van der Waals surface area contributed by atoms with Gasteiger partial charge in [-0.25, -0.2) is 14.0 Å². The molecule has 8 nitrogen and oxygen atoms in total. The Bertz CT molecular complexity index is 1630. The maximum atomic E-state index is 13.1. The number of hydrogen-bond donors (Lipinski definition) is 2. The van der Waals surface area contributed by atoms with E-state index in [4.69, 9.17) is 9.84 Å². The number of carboxylic acid groups (broad SMARTS) is 1. The second-order valence-electron chi connectivity index (χ2n) is 8.93. The van der Waals surface area contributed by atoms with Crippen LogP contribution in [0.2, 0.25) is 0 Å². The highest BCUT2D eigenvalue weighted by Gasteiger charge is 2.18. The Morgan fingerprint density at radius 1 is 0.780 bits per heavy atom. The van der Waals surface area contributed by atoms with E-state index < -0.39 is 17.8 Å². The Morgan fingerprint density at radius 3 is 1.95 bits per heavy atom. The van der Waals surface area contributed by atoms with Gasteiger partial charge in [-0.3, -0.25) is 9.59 Å². The highest BCUT2D eigenvalue weighted by Crippen LogP contribution is 2.23. The number of rotatable bonds is 8. The first-order valence-corrected chi connectivity index (χ1v) is 12.3. The summed E-state index contributed by atoms with van der Waals surface area (Å²) in [6.07, 6.45) is 3.52. The van der Waals surface area contributed by atoms with E-state index in [9.17, 15) is 23.6 Å². The maximum Gasteiger partial charge on any atom is 0.339 e. The number of methoxy groups -OCH3 is 1. The third kappa shape index (κ3) is 6.90. The van der Waals surface area contributed by atoms with Gasteiger partial charge in [-0.05, 0) is 83.9 Å². The minimum absolute atomic E-state index is 0.0750. The lowest BCUT2D eigenvalue weighted by Crippen LogP contribution is -2.26. The van der Waals surface area contributed by atoms with E-state index >= 15 is 0 Å². The number of hydrogen-bond acceptors (Lipinski definition) is 5. The van der Waals surface area contributed by atoms with Gasteiger partial charge in [0.05, 0.1) is 23.9 Å². The topological polar surface area (TPSA) is 113 Å². The second-order valence-corrected chi connectivity index (χ2v) is 8.93. The molecule has 0 radical (unpaired) electrons. The van der Waals surface area contributed by atoms with Gasteiger partial charge >= 0.3 is 11.9 Å². The predicted octanol–water partition coefficient (Wildman–Crippen LogP) is 6.01. The van der Waals surface area contributed by atoms with Crippen molar-refractivity contribution in [1.82, 2.24) is 0 Å². The highest BCUT2D eigenvalue weighted by atomic mass is 19.1. The van der Waals surface area contributed by atoms with Gasteiger partial charge < -0.3 is 20.1 Å². The Balaban J connectivity index is 1.48. The number of ether oxygens (including phenoxy) is 1. The summed E-state index contributed by atoms with van der Waals surface area (Å²) in [7, 11) is 2.81. The summed E-state index contributed by atoms with van der Waals surface area (Å²) in [5.41, 5.74) is 3.03. The number of amides is 2. The van der Waals surface area contributed by atoms with Gasteiger partial charge in [0.2, 0.25) is 0 Å². The Morgan fingerprint density at radius 2 is 1.34 bits per heavy atom. The number of halogens is 1. The molecule has 41 heavy (non-hydrogen) atoms. The van der Waals surface area contributed by atoms with Crippen LogP contribution in [-0.2, 0) is 4.74 Å². The summed E-state index contributed by atoms with van der Waals surface area (Å²) in [5.74, 6) is -2.89. The zero-order valence-electron chi connectivity index (χ0n) is 22.1. The Kier molecular flexibility index (Phi) is 8.69. The molecule has 0 aliphatic heterocycles. The molecule has 0 aromatic heterocycles. The molecule has 4 aromatic carbocycles. The van der Waals surface area contributed by atoms with Crippen molar-refractivity contribution >= 4 is 47.3 Å². The molecule has 2 amide bonds. The smallest absolute Gasteiger partial charge is 0.339 e. The number of benzene rings is 4. The standard InChI is InChI=1S/C32H25FN2O6/c1-35(30(37)23-8-10-24(11-9-23)31(38)39)26-16-12-22(13-17-26)29(36)34-28-18-7-21(19-27(28)32(40)41-2)4-3-20-5-14-25(33)15-6-20/h3-19H,1-2H3,(H,34,36)(H,38,39). The fourth-order valence-corrected chi connectivity index (χ4v) is 3.92. The first kappa shape index (κ1) is 28.4. The molecule has 0 saturated carbocycles. The molecule has 0 fully saturated rings. The number of aromatic carboxylic acids is 1. The van der Waals surface area contributed by atoms with Crippen LogP contribution in [0.1, 0.15) is 52.6 Å². The number of nitrogens with one attached hydrogen (secondary N) is 1. The molecule has 0 aliphatic rings. The summed E-state index contributed by atoms with van der Waals surface area (Å²) in [6.45, 7) is 0.